The Hall–Kier alpha value is -2.48. The first-order valence-corrected chi connectivity index (χ1v) is 13.1. The van der Waals surface area contributed by atoms with Crippen LogP contribution in [0.3, 0.4) is 0 Å². The third-order valence-corrected chi connectivity index (χ3v) is 6.94. The second kappa shape index (κ2) is 13.2. The molecule has 0 aliphatic carbocycles. The van der Waals surface area contributed by atoms with Crippen molar-refractivity contribution in [3.63, 3.8) is 0 Å². The molecule has 36 heavy (non-hydrogen) atoms. The zero-order valence-electron chi connectivity index (χ0n) is 21.4. The highest BCUT2D eigenvalue weighted by molar-refractivity contribution is 5.85. The highest BCUT2D eigenvalue weighted by atomic mass is 19.1. The molecule has 0 fully saturated rings. The van der Waals surface area contributed by atoms with E-state index < -0.39 is 6.67 Å². The van der Waals surface area contributed by atoms with Gasteiger partial charge >= 0.3 is 0 Å². The summed E-state index contributed by atoms with van der Waals surface area (Å²) < 4.78 is 36.1. The van der Waals surface area contributed by atoms with E-state index in [1.54, 1.807) is 0 Å². The maximum atomic E-state index is 12.4. The van der Waals surface area contributed by atoms with Crippen LogP contribution in [0.2, 0.25) is 0 Å². The van der Waals surface area contributed by atoms with Gasteiger partial charge in [-0.15, -0.1) is 0 Å². The molecule has 0 saturated carbocycles. The van der Waals surface area contributed by atoms with Gasteiger partial charge in [-0.3, -0.25) is 9.29 Å². The maximum absolute atomic E-state index is 12.4. The second-order valence-electron chi connectivity index (χ2n) is 9.69. The number of rotatable bonds is 14. The molecule has 2 heterocycles. The van der Waals surface area contributed by atoms with Crippen molar-refractivity contribution >= 4 is 10.9 Å². The lowest BCUT2D eigenvalue weighted by Gasteiger charge is -2.41. The Kier molecular flexibility index (Phi) is 9.73. The molecule has 2 N–H and O–H groups in total. The van der Waals surface area contributed by atoms with Gasteiger partial charge in [0.15, 0.2) is 0 Å². The number of hydrogen-bond acceptors (Lipinski definition) is 4. The first kappa shape index (κ1) is 26.6. The lowest BCUT2D eigenvalue weighted by atomic mass is 9.88. The van der Waals surface area contributed by atoms with Crippen LogP contribution in [-0.2, 0) is 11.2 Å². The zero-order valence-corrected chi connectivity index (χ0v) is 21.4. The monoisotopic (exact) mass is 499 g/mol. The molecule has 1 aliphatic heterocycles. The van der Waals surface area contributed by atoms with E-state index >= 15 is 0 Å². The minimum atomic E-state index is -0.442. The summed E-state index contributed by atoms with van der Waals surface area (Å²) in [5.74, 6) is 0.824. The first-order valence-electron chi connectivity index (χ1n) is 13.1. The average Bonchev–Trinajstić information content (AvgIpc) is 3.26. The molecule has 0 radical (unpaired) electrons. The number of aromatic amines is 1. The minimum absolute atomic E-state index is 0.0904. The fourth-order valence-electron chi connectivity index (χ4n) is 5.16. The fourth-order valence-corrected chi connectivity index (χ4v) is 5.16. The van der Waals surface area contributed by atoms with Crippen LogP contribution in [0.1, 0.15) is 49.6 Å². The molecule has 0 saturated heterocycles. The highest BCUT2D eigenvalue weighted by Gasteiger charge is 2.35. The number of nitrogens with one attached hydrogen (secondary N) is 2. The quantitative estimate of drug-likeness (QED) is 0.284. The fraction of sp³-hybridized carbons (Fsp3) is 0.517. The predicted octanol–water partition coefficient (Wildman–Crippen LogP) is 5.60. The Morgan fingerprint density at radius 1 is 1.06 bits per heavy atom. The van der Waals surface area contributed by atoms with E-state index in [4.69, 9.17) is 9.47 Å². The van der Waals surface area contributed by atoms with Crippen molar-refractivity contribution in [3.05, 3.63) is 65.4 Å². The Morgan fingerprint density at radius 3 is 2.64 bits per heavy atom. The van der Waals surface area contributed by atoms with E-state index in [-0.39, 0.29) is 25.4 Å². The van der Waals surface area contributed by atoms with Crippen LogP contribution < -0.4 is 10.1 Å². The van der Waals surface area contributed by atoms with Gasteiger partial charge < -0.3 is 19.8 Å². The molecule has 0 unspecified atom stereocenters. The molecule has 3 aromatic rings. The number of benzene rings is 2. The minimum Gasteiger partial charge on any atom is -0.492 e. The van der Waals surface area contributed by atoms with E-state index in [2.05, 4.69) is 58.5 Å². The third kappa shape index (κ3) is 6.44. The molecule has 0 amide bonds. The number of fused-ring (bicyclic) bond motifs is 3. The molecule has 0 bridgehead atoms. The van der Waals surface area contributed by atoms with Crippen LogP contribution in [0, 0.1) is 0 Å². The van der Waals surface area contributed by atoms with E-state index in [1.807, 2.05) is 19.1 Å². The zero-order chi connectivity index (χ0) is 25.3. The highest BCUT2D eigenvalue weighted by Crippen LogP contribution is 2.41. The maximum Gasteiger partial charge on any atom is 0.119 e. The van der Waals surface area contributed by atoms with Crippen molar-refractivity contribution < 1.29 is 18.3 Å². The van der Waals surface area contributed by atoms with E-state index in [0.717, 1.165) is 25.1 Å². The van der Waals surface area contributed by atoms with Crippen LogP contribution in [0.5, 0.6) is 5.75 Å². The van der Waals surface area contributed by atoms with Crippen molar-refractivity contribution in [2.24, 2.45) is 0 Å². The summed E-state index contributed by atoms with van der Waals surface area (Å²) >= 11 is 0. The molecule has 7 heteroatoms. The topological polar surface area (TPSA) is 49.5 Å². The third-order valence-electron chi connectivity index (χ3n) is 6.94. The van der Waals surface area contributed by atoms with Gasteiger partial charge in [-0.25, -0.2) is 4.39 Å². The lowest BCUT2D eigenvalue weighted by molar-refractivity contribution is 0.0899. The summed E-state index contributed by atoms with van der Waals surface area (Å²) in [5.41, 5.74) is 5.02. The predicted molar refractivity (Wildman–Crippen MR) is 141 cm³/mol. The SMILES string of the molecule is C[C@H](COc1ccc([C@@H]2c3[nH]c4ccccc4c3C[C@@H](C)N2CCCOCCF)cc1)NCCCF. The van der Waals surface area contributed by atoms with Crippen LogP contribution in [0.4, 0.5) is 8.78 Å². The van der Waals surface area contributed by atoms with Crippen LogP contribution in [0.25, 0.3) is 10.9 Å². The largest absolute Gasteiger partial charge is 0.492 e. The number of aromatic nitrogens is 1. The average molecular weight is 500 g/mol. The molecule has 4 rings (SSSR count). The van der Waals surface area contributed by atoms with Gasteiger partial charge in [0.05, 0.1) is 19.3 Å². The summed E-state index contributed by atoms with van der Waals surface area (Å²) in [7, 11) is 0. The van der Waals surface area contributed by atoms with Gasteiger partial charge in [-0.2, -0.15) is 0 Å². The van der Waals surface area contributed by atoms with Crippen molar-refractivity contribution in [1.82, 2.24) is 15.2 Å². The summed E-state index contributed by atoms with van der Waals surface area (Å²) in [6, 6.07) is 17.5. The van der Waals surface area contributed by atoms with Gasteiger partial charge in [0.25, 0.3) is 0 Å². The molecule has 196 valence electrons. The first-order chi connectivity index (χ1) is 17.6. The number of ether oxygens (including phenoxy) is 2. The number of hydrogen-bond donors (Lipinski definition) is 2. The molecule has 5 nitrogen and oxygen atoms in total. The Morgan fingerprint density at radius 2 is 1.86 bits per heavy atom. The summed E-state index contributed by atoms with van der Waals surface area (Å²) in [6.07, 6.45) is 2.35. The molecular weight excluding hydrogens is 460 g/mol. The number of alkyl halides is 2. The van der Waals surface area contributed by atoms with E-state index in [1.165, 1.54) is 27.7 Å². The van der Waals surface area contributed by atoms with Gasteiger partial charge in [0.1, 0.15) is 19.0 Å². The van der Waals surface area contributed by atoms with Gasteiger partial charge in [-0.1, -0.05) is 30.3 Å². The van der Waals surface area contributed by atoms with Crippen LogP contribution in [0.15, 0.2) is 48.5 Å². The summed E-state index contributed by atoms with van der Waals surface area (Å²) in [4.78, 5) is 6.25. The second-order valence-corrected chi connectivity index (χ2v) is 9.69. The number of para-hydroxylation sites is 1. The molecule has 3 atom stereocenters. The standard InChI is InChI=1S/C29H39F2N3O2/c1-21(32-15-5-13-30)20-36-24-11-9-23(10-12-24)29-28-26(25-7-3-4-8-27(25)33-28)19-22(2)34(29)16-6-17-35-18-14-31/h3-4,7-12,21-22,29,32-33H,5-6,13-20H2,1-2H3/t21-,22-,29-/m1/s1. The van der Waals surface area contributed by atoms with Gasteiger partial charge in [0.2, 0.25) is 0 Å². The number of H-pyrrole nitrogens is 1. The smallest absolute Gasteiger partial charge is 0.119 e. The normalized spacial score (nSPS) is 18.9. The van der Waals surface area contributed by atoms with Crippen molar-refractivity contribution in [3.8, 4) is 5.75 Å². The van der Waals surface area contributed by atoms with Crippen molar-refractivity contribution in [2.75, 3.05) is 46.3 Å². The number of nitrogens with zero attached hydrogens (tertiary/aromatic N) is 1. The van der Waals surface area contributed by atoms with Gasteiger partial charge in [0, 0.05) is 41.8 Å². The summed E-state index contributed by atoms with van der Waals surface area (Å²) in [5, 5.41) is 4.57. The Labute approximate surface area is 213 Å². The lowest BCUT2D eigenvalue weighted by Crippen LogP contribution is -2.43. The molecule has 1 aliphatic rings. The van der Waals surface area contributed by atoms with Gasteiger partial charge in [-0.05, 0) is 69.0 Å². The summed E-state index contributed by atoms with van der Waals surface area (Å²) in [6.45, 7) is 6.36. The molecule has 2 aromatic carbocycles. The van der Waals surface area contributed by atoms with Crippen molar-refractivity contribution in [2.45, 2.75) is 51.2 Å². The Bertz CT molecular complexity index is 1070. The van der Waals surface area contributed by atoms with Crippen LogP contribution in [-0.4, -0.2) is 68.2 Å². The Balaban J connectivity index is 1.53. The van der Waals surface area contributed by atoms with Crippen LogP contribution >= 0.6 is 0 Å². The van der Waals surface area contributed by atoms with E-state index in [0.29, 0.717) is 32.2 Å². The van der Waals surface area contributed by atoms with E-state index in [9.17, 15) is 8.78 Å². The van der Waals surface area contributed by atoms with Crippen molar-refractivity contribution in [1.29, 1.82) is 0 Å². The molecular formula is C29H39F2N3O2. The molecule has 0 spiro atoms. The molecule has 1 aromatic heterocycles. The number of halogens is 2.